The zero-order valence-electron chi connectivity index (χ0n) is 6.22. The molecule has 0 aromatic carbocycles. The van der Waals surface area contributed by atoms with Crippen molar-refractivity contribution in [1.82, 2.24) is 4.98 Å². The Hall–Kier alpha value is -0.950. The molecule has 12 heavy (non-hydrogen) atoms. The standard InChI is InChI=1S/C8H6BrFN2/c1-11-3-2-6-4-7(9)5-12-8(6)10/h4-5H,2-3H2. The van der Waals surface area contributed by atoms with Crippen LogP contribution in [0.5, 0.6) is 0 Å². The van der Waals surface area contributed by atoms with Gasteiger partial charge in [-0.3, -0.25) is 0 Å². The maximum absolute atomic E-state index is 12.9. The molecule has 1 heterocycles. The first kappa shape index (κ1) is 9.14. The Morgan fingerprint density at radius 1 is 1.67 bits per heavy atom. The van der Waals surface area contributed by atoms with Gasteiger partial charge in [-0.1, -0.05) is 0 Å². The number of nitrogens with zero attached hydrogens (tertiary/aromatic N) is 2. The molecule has 0 radical (unpaired) electrons. The summed E-state index contributed by atoms with van der Waals surface area (Å²) in [6, 6.07) is 1.65. The second kappa shape index (κ2) is 4.17. The Morgan fingerprint density at radius 2 is 2.42 bits per heavy atom. The number of aromatic nitrogens is 1. The second-order valence-electron chi connectivity index (χ2n) is 2.24. The van der Waals surface area contributed by atoms with Gasteiger partial charge in [0, 0.05) is 22.7 Å². The van der Waals surface area contributed by atoms with Crippen molar-refractivity contribution >= 4 is 15.9 Å². The summed E-state index contributed by atoms with van der Waals surface area (Å²) in [5.74, 6) is -0.484. The molecule has 62 valence electrons. The zero-order chi connectivity index (χ0) is 8.97. The van der Waals surface area contributed by atoms with Crippen LogP contribution in [0.2, 0.25) is 0 Å². The summed E-state index contributed by atoms with van der Waals surface area (Å²) in [4.78, 5) is 6.66. The first-order chi connectivity index (χ1) is 5.74. The molecule has 2 nitrogen and oxygen atoms in total. The summed E-state index contributed by atoms with van der Waals surface area (Å²) in [6.07, 6.45) is 1.82. The molecule has 0 atom stereocenters. The van der Waals surface area contributed by atoms with Crippen molar-refractivity contribution in [2.75, 3.05) is 6.54 Å². The zero-order valence-corrected chi connectivity index (χ0v) is 7.81. The summed E-state index contributed by atoms with van der Waals surface area (Å²) < 4.78 is 13.6. The van der Waals surface area contributed by atoms with Crippen molar-refractivity contribution < 1.29 is 4.39 Å². The predicted molar refractivity (Wildman–Crippen MR) is 47.1 cm³/mol. The van der Waals surface area contributed by atoms with E-state index >= 15 is 0 Å². The molecule has 0 aliphatic heterocycles. The van der Waals surface area contributed by atoms with Crippen molar-refractivity contribution in [3.63, 3.8) is 0 Å². The molecule has 0 fully saturated rings. The SMILES string of the molecule is [C-]#[N+]CCc1cc(Br)cnc1F. The minimum Gasteiger partial charge on any atom is -0.317 e. The second-order valence-corrected chi connectivity index (χ2v) is 3.15. The average molecular weight is 229 g/mol. The molecule has 1 aromatic heterocycles. The van der Waals surface area contributed by atoms with Gasteiger partial charge < -0.3 is 4.85 Å². The van der Waals surface area contributed by atoms with E-state index in [4.69, 9.17) is 6.57 Å². The third-order valence-corrected chi connectivity index (χ3v) is 1.80. The van der Waals surface area contributed by atoms with Crippen LogP contribution in [0.15, 0.2) is 16.7 Å². The van der Waals surface area contributed by atoms with Crippen LogP contribution in [0.25, 0.3) is 4.85 Å². The average Bonchev–Trinajstić information content (AvgIpc) is 2.07. The fraction of sp³-hybridized carbons (Fsp3) is 0.250. The van der Waals surface area contributed by atoms with Gasteiger partial charge >= 0.3 is 0 Å². The Labute approximate surface area is 78.4 Å². The Morgan fingerprint density at radius 3 is 3.08 bits per heavy atom. The van der Waals surface area contributed by atoms with Gasteiger partial charge in [0.2, 0.25) is 12.5 Å². The van der Waals surface area contributed by atoms with Gasteiger partial charge in [-0.25, -0.2) is 11.6 Å². The third kappa shape index (κ3) is 2.28. The van der Waals surface area contributed by atoms with E-state index in [-0.39, 0.29) is 0 Å². The van der Waals surface area contributed by atoms with Crippen molar-refractivity contribution in [2.45, 2.75) is 6.42 Å². The van der Waals surface area contributed by atoms with E-state index < -0.39 is 5.95 Å². The smallest absolute Gasteiger partial charge is 0.218 e. The van der Waals surface area contributed by atoms with Crippen LogP contribution in [-0.4, -0.2) is 11.5 Å². The molecule has 4 heteroatoms. The van der Waals surface area contributed by atoms with E-state index in [1.54, 1.807) is 6.07 Å². The Kier molecular flexibility index (Phi) is 3.18. The molecule has 0 bridgehead atoms. The molecule has 1 rings (SSSR count). The van der Waals surface area contributed by atoms with Crippen LogP contribution in [0, 0.1) is 12.5 Å². The van der Waals surface area contributed by atoms with Crippen molar-refractivity contribution in [1.29, 1.82) is 0 Å². The first-order valence-corrected chi connectivity index (χ1v) is 4.16. The topological polar surface area (TPSA) is 17.2 Å². The predicted octanol–water partition coefficient (Wildman–Crippen LogP) is 2.44. The van der Waals surface area contributed by atoms with E-state index in [0.29, 0.717) is 18.5 Å². The number of hydrogen-bond acceptors (Lipinski definition) is 1. The lowest BCUT2D eigenvalue weighted by Gasteiger charge is -1.97. The molecule has 0 saturated carbocycles. The van der Waals surface area contributed by atoms with Crippen molar-refractivity contribution in [3.05, 3.63) is 39.7 Å². The van der Waals surface area contributed by atoms with Crippen molar-refractivity contribution in [2.24, 2.45) is 0 Å². The summed E-state index contributed by atoms with van der Waals surface area (Å²) >= 11 is 3.18. The van der Waals surface area contributed by atoms with Gasteiger partial charge in [-0.05, 0) is 22.0 Å². The summed E-state index contributed by atoms with van der Waals surface area (Å²) in [5.41, 5.74) is 0.486. The molecular weight excluding hydrogens is 223 g/mol. The highest BCUT2D eigenvalue weighted by atomic mass is 79.9. The van der Waals surface area contributed by atoms with Crippen LogP contribution in [0.4, 0.5) is 4.39 Å². The van der Waals surface area contributed by atoms with Crippen molar-refractivity contribution in [3.8, 4) is 0 Å². The molecule has 0 amide bonds. The van der Waals surface area contributed by atoms with Gasteiger partial charge in [0.1, 0.15) is 0 Å². The molecule has 1 aromatic rings. The highest BCUT2D eigenvalue weighted by Gasteiger charge is 2.04. The van der Waals surface area contributed by atoms with E-state index in [9.17, 15) is 4.39 Å². The van der Waals surface area contributed by atoms with Crippen LogP contribution >= 0.6 is 15.9 Å². The van der Waals surface area contributed by atoms with Crippen LogP contribution < -0.4 is 0 Å². The van der Waals surface area contributed by atoms with E-state index in [1.165, 1.54) is 6.20 Å². The van der Waals surface area contributed by atoms with Crippen LogP contribution in [0.3, 0.4) is 0 Å². The lowest BCUT2D eigenvalue weighted by atomic mass is 10.2. The van der Waals surface area contributed by atoms with Gasteiger partial charge in [-0.2, -0.15) is 4.39 Å². The highest BCUT2D eigenvalue weighted by molar-refractivity contribution is 9.10. The quantitative estimate of drug-likeness (QED) is 0.562. The van der Waals surface area contributed by atoms with Gasteiger partial charge in [0.25, 0.3) is 0 Å². The molecule has 0 unspecified atom stereocenters. The number of rotatable bonds is 2. The Balaban J connectivity index is 2.84. The molecule has 0 spiro atoms. The summed E-state index contributed by atoms with van der Waals surface area (Å²) in [7, 11) is 0. The summed E-state index contributed by atoms with van der Waals surface area (Å²) in [5, 5.41) is 0. The fourth-order valence-corrected chi connectivity index (χ4v) is 1.19. The van der Waals surface area contributed by atoms with Gasteiger partial charge in [0.05, 0.1) is 0 Å². The number of pyridine rings is 1. The lowest BCUT2D eigenvalue weighted by Crippen LogP contribution is -1.95. The number of hydrogen-bond donors (Lipinski definition) is 0. The van der Waals surface area contributed by atoms with E-state index in [0.717, 1.165) is 4.47 Å². The van der Waals surface area contributed by atoms with Gasteiger partial charge in [-0.15, -0.1) is 0 Å². The first-order valence-electron chi connectivity index (χ1n) is 3.37. The molecule has 0 aliphatic rings. The maximum atomic E-state index is 12.9. The largest absolute Gasteiger partial charge is 0.317 e. The molecule has 0 aliphatic carbocycles. The number of halogens is 2. The highest BCUT2D eigenvalue weighted by Crippen LogP contribution is 2.13. The minimum atomic E-state index is -0.484. The van der Waals surface area contributed by atoms with E-state index in [1.807, 2.05) is 0 Å². The van der Waals surface area contributed by atoms with Gasteiger partial charge in [0.15, 0.2) is 0 Å². The minimum absolute atomic E-state index is 0.301. The lowest BCUT2D eigenvalue weighted by molar-refractivity contribution is 0.567. The van der Waals surface area contributed by atoms with Crippen LogP contribution in [0.1, 0.15) is 5.56 Å². The van der Waals surface area contributed by atoms with Crippen LogP contribution in [-0.2, 0) is 6.42 Å². The molecule has 0 saturated heterocycles. The van der Waals surface area contributed by atoms with E-state index in [2.05, 4.69) is 25.8 Å². The third-order valence-electron chi connectivity index (χ3n) is 1.37. The molecule has 0 N–H and O–H groups in total. The normalized spacial score (nSPS) is 9.42. The molecular formula is C8H6BrFN2. The summed E-state index contributed by atoms with van der Waals surface area (Å²) in [6.45, 7) is 6.85. The Bertz CT molecular complexity index is 319. The monoisotopic (exact) mass is 228 g/mol. The maximum Gasteiger partial charge on any atom is 0.218 e. The fourth-order valence-electron chi connectivity index (χ4n) is 0.816.